The first kappa shape index (κ1) is 27.6. The highest BCUT2D eigenvalue weighted by Crippen LogP contribution is 2.42. The Morgan fingerprint density at radius 3 is 2.38 bits per heavy atom. The van der Waals surface area contributed by atoms with E-state index in [0.29, 0.717) is 10.1 Å². The van der Waals surface area contributed by atoms with Gasteiger partial charge in [-0.25, -0.2) is 14.2 Å². The molecule has 2 aromatic carbocycles. The lowest BCUT2D eigenvalue weighted by Gasteiger charge is -2.18. The Hall–Kier alpha value is -3.95. The van der Waals surface area contributed by atoms with Crippen molar-refractivity contribution in [3.63, 3.8) is 0 Å². The van der Waals surface area contributed by atoms with Gasteiger partial charge in [0.1, 0.15) is 11.4 Å². The van der Waals surface area contributed by atoms with Crippen LogP contribution in [0.25, 0.3) is 5.69 Å². The van der Waals surface area contributed by atoms with Crippen molar-refractivity contribution in [1.29, 1.82) is 5.26 Å². The summed E-state index contributed by atoms with van der Waals surface area (Å²) in [6, 6.07) is 8.85. The van der Waals surface area contributed by atoms with Crippen molar-refractivity contribution < 1.29 is 32.5 Å². The van der Waals surface area contributed by atoms with E-state index in [1.165, 1.54) is 18.2 Å². The van der Waals surface area contributed by atoms with Gasteiger partial charge >= 0.3 is 17.8 Å². The molecule has 0 fully saturated rings. The predicted molar refractivity (Wildman–Crippen MR) is 125 cm³/mol. The maximum absolute atomic E-state index is 13.2. The lowest BCUT2D eigenvalue weighted by molar-refractivity contribution is -0.211. The van der Waals surface area contributed by atoms with Crippen molar-refractivity contribution in [3.05, 3.63) is 78.5 Å². The third-order valence-electron chi connectivity index (χ3n) is 4.98. The third kappa shape index (κ3) is 5.73. The van der Waals surface area contributed by atoms with Crippen LogP contribution in [0.5, 0.6) is 17.2 Å². The van der Waals surface area contributed by atoms with Gasteiger partial charge in [-0.3, -0.25) is 19.1 Å². The summed E-state index contributed by atoms with van der Waals surface area (Å²) in [5.74, 6) is -1.95. The second-order valence-corrected chi connectivity index (χ2v) is 8.38. The first-order valence-electron chi connectivity index (χ1n) is 10.2. The lowest BCUT2D eigenvalue weighted by atomic mass is 10.0. The van der Waals surface area contributed by atoms with Gasteiger partial charge in [-0.1, -0.05) is 35.3 Å². The van der Waals surface area contributed by atoms with Crippen molar-refractivity contribution in [2.45, 2.75) is 25.9 Å². The number of benzene rings is 2. The fraction of sp³-hybridized carbons (Fsp3) is 0.217. The Kier molecular flexibility index (Phi) is 7.90. The van der Waals surface area contributed by atoms with E-state index in [9.17, 15) is 32.8 Å². The summed E-state index contributed by atoms with van der Waals surface area (Å²) in [7, 11) is 0.848. The van der Waals surface area contributed by atoms with Crippen LogP contribution in [0.4, 0.5) is 13.2 Å². The molecule has 0 spiro atoms. The molecule has 0 aliphatic rings. The monoisotopic (exact) mass is 557 g/mol. The maximum atomic E-state index is 13.2. The average Bonchev–Trinajstić information content (AvgIpc) is 2.81. The fourth-order valence-corrected chi connectivity index (χ4v) is 3.73. The van der Waals surface area contributed by atoms with Gasteiger partial charge in [0.25, 0.3) is 5.56 Å². The van der Waals surface area contributed by atoms with Crippen LogP contribution >= 0.6 is 23.2 Å². The minimum atomic E-state index is -4.95. The van der Waals surface area contributed by atoms with Crippen LogP contribution < -0.4 is 20.9 Å². The van der Waals surface area contributed by atoms with E-state index < -0.39 is 35.0 Å². The Bertz CT molecular complexity index is 1540. The average molecular weight is 558 g/mol. The van der Waals surface area contributed by atoms with Gasteiger partial charge in [-0.2, -0.15) is 18.4 Å². The van der Waals surface area contributed by atoms with Crippen LogP contribution in [0.1, 0.15) is 31.0 Å². The number of nitrogens with zero attached hydrogens (tertiary/aromatic N) is 3. The third-order valence-corrected chi connectivity index (χ3v) is 5.58. The number of carbonyl (C=O) groups is 1. The van der Waals surface area contributed by atoms with E-state index >= 15 is 0 Å². The van der Waals surface area contributed by atoms with Crippen LogP contribution in [-0.2, 0) is 22.9 Å². The fourth-order valence-electron chi connectivity index (χ4n) is 3.22. The predicted octanol–water partition coefficient (Wildman–Crippen LogP) is 5.14. The van der Waals surface area contributed by atoms with Crippen molar-refractivity contribution in [2.75, 3.05) is 0 Å². The van der Waals surface area contributed by atoms with Crippen LogP contribution in [0, 0.1) is 11.3 Å². The maximum Gasteiger partial charge on any atom is 0.431 e. The molecule has 3 aromatic rings. The molecule has 0 aliphatic carbocycles. The molecule has 1 atom stereocenters. The quantitative estimate of drug-likeness (QED) is 0.304. The highest BCUT2D eigenvalue weighted by atomic mass is 35.5. The Morgan fingerprint density at radius 1 is 1.11 bits per heavy atom. The summed E-state index contributed by atoms with van der Waals surface area (Å²) in [5, 5.41) is 9.04. The van der Waals surface area contributed by atoms with Crippen molar-refractivity contribution >= 4 is 29.2 Å². The second kappa shape index (κ2) is 10.6. The summed E-state index contributed by atoms with van der Waals surface area (Å²) in [4.78, 5) is 46.1. The van der Waals surface area contributed by atoms with Crippen LogP contribution in [0.15, 0.2) is 46.0 Å². The van der Waals surface area contributed by atoms with Crippen molar-refractivity contribution in [1.82, 2.24) is 9.13 Å². The first-order chi connectivity index (χ1) is 17.3. The molecule has 9 nitrogen and oxygen atoms in total. The SMILES string of the molecule is CC(=O)OOc1cccc(C(C)C#N)c1Oc1cc(-n2c(=O)cc(C(F)(F)F)n(C)c2=O)c(Cl)cc1Cl. The van der Waals surface area contributed by atoms with Crippen LogP contribution in [0.2, 0.25) is 10.0 Å². The smallest absolute Gasteiger partial charge is 0.431 e. The molecule has 0 saturated heterocycles. The molecular weight excluding hydrogens is 542 g/mol. The summed E-state index contributed by atoms with van der Waals surface area (Å²) in [6.45, 7) is 2.64. The summed E-state index contributed by atoms with van der Waals surface area (Å²) < 4.78 is 46.2. The number of halogens is 5. The molecule has 0 N–H and O–H groups in total. The number of hydrogen-bond acceptors (Lipinski definition) is 7. The molecule has 0 radical (unpaired) electrons. The molecule has 0 saturated carbocycles. The highest BCUT2D eigenvalue weighted by Gasteiger charge is 2.35. The summed E-state index contributed by atoms with van der Waals surface area (Å²) in [6.07, 6.45) is -4.95. The van der Waals surface area contributed by atoms with E-state index in [2.05, 4.69) is 4.89 Å². The molecular formula is C23H16Cl2F3N3O6. The first-order valence-corrected chi connectivity index (χ1v) is 11.0. The van der Waals surface area contributed by atoms with Crippen LogP contribution in [-0.4, -0.2) is 15.1 Å². The van der Waals surface area contributed by atoms with Gasteiger partial charge in [0, 0.05) is 31.7 Å². The number of carbonyl (C=O) groups excluding carboxylic acids is 1. The lowest BCUT2D eigenvalue weighted by Crippen LogP contribution is -2.40. The zero-order valence-corrected chi connectivity index (χ0v) is 20.7. The molecule has 0 aliphatic heterocycles. The number of alkyl halides is 3. The zero-order valence-electron chi connectivity index (χ0n) is 19.2. The topological polar surface area (TPSA) is 113 Å². The summed E-state index contributed by atoms with van der Waals surface area (Å²) >= 11 is 12.4. The molecule has 3 rings (SSSR count). The molecule has 194 valence electrons. The minimum absolute atomic E-state index is 0.0966. The van der Waals surface area contributed by atoms with Gasteiger partial charge in [0.05, 0.1) is 27.7 Å². The minimum Gasteiger partial charge on any atom is -0.451 e. The normalized spacial score (nSPS) is 12.0. The number of nitriles is 1. The molecule has 0 bridgehead atoms. The number of hydrogen-bond donors (Lipinski definition) is 0. The largest absolute Gasteiger partial charge is 0.451 e. The van der Waals surface area contributed by atoms with E-state index in [0.717, 1.165) is 26.1 Å². The standard InChI is InChI=1S/C23H16Cl2F3N3O6/c1-11(10-29)13-5-4-6-17(37-36-12(2)32)21(13)35-18-8-16(14(24)7-15(18)25)31-20(33)9-19(23(26,27)28)30(3)22(31)34/h4-9,11H,1-3H3. The van der Waals surface area contributed by atoms with E-state index in [1.807, 2.05) is 6.07 Å². The second-order valence-electron chi connectivity index (χ2n) is 7.56. The van der Waals surface area contributed by atoms with Gasteiger partial charge in [-0.15, -0.1) is 0 Å². The Balaban J connectivity index is 2.22. The van der Waals surface area contributed by atoms with Gasteiger partial charge in [0.15, 0.2) is 5.75 Å². The molecule has 1 heterocycles. The Labute approximate surface area is 216 Å². The zero-order chi connectivity index (χ0) is 27.7. The van der Waals surface area contributed by atoms with Gasteiger partial charge in [-0.05, 0) is 19.1 Å². The van der Waals surface area contributed by atoms with Gasteiger partial charge in [0.2, 0.25) is 5.75 Å². The number of rotatable bonds is 6. The summed E-state index contributed by atoms with van der Waals surface area (Å²) in [5.41, 5.74) is -4.11. The van der Waals surface area contributed by atoms with E-state index in [-0.39, 0.29) is 43.6 Å². The molecule has 14 heteroatoms. The highest BCUT2D eigenvalue weighted by molar-refractivity contribution is 6.36. The number of ether oxygens (including phenoxy) is 1. The van der Waals surface area contributed by atoms with Crippen molar-refractivity contribution in [3.8, 4) is 29.0 Å². The van der Waals surface area contributed by atoms with Crippen molar-refractivity contribution in [2.24, 2.45) is 7.05 Å². The molecule has 0 amide bonds. The molecule has 1 unspecified atom stereocenters. The molecule has 37 heavy (non-hydrogen) atoms. The van der Waals surface area contributed by atoms with Gasteiger partial charge < -0.3 is 4.74 Å². The van der Waals surface area contributed by atoms with E-state index in [4.69, 9.17) is 32.8 Å². The Morgan fingerprint density at radius 2 is 1.78 bits per heavy atom. The number of aromatic nitrogens is 2. The van der Waals surface area contributed by atoms with E-state index in [1.54, 1.807) is 6.92 Å². The molecule has 1 aromatic heterocycles. The van der Waals surface area contributed by atoms with Crippen LogP contribution in [0.3, 0.4) is 0 Å². The number of para-hydroxylation sites is 1.